The molecule has 1 N–H and O–H groups in total. The molecule has 0 bridgehead atoms. The third-order valence-corrected chi connectivity index (χ3v) is 3.98. The smallest absolute Gasteiger partial charge is 0.163 e. The molecule has 2 aromatic heterocycles. The number of hydrogen-bond acceptors (Lipinski definition) is 5. The second kappa shape index (κ2) is 5.36. The summed E-state index contributed by atoms with van der Waals surface area (Å²) in [5, 5.41) is 17.8. The lowest BCUT2D eigenvalue weighted by atomic mass is 10.1. The van der Waals surface area contributed by atoms with Gasteiger partial charge in [0.05, 0.1) is 24.4 Å². The molecule has 108 valence electrons. The highest BCUT2D eigenvalue weighted by Crippen LogP contribution is 2.34. The van der Waals surface area contributed by atoms with E-state index in [4.69, 9.17) is 9.51 Å². The van der Waals surface area contributed by atoms with Gasteiger partial charge < -0.3 is 9.63 Å². The van der Waals surface area contributed by atoms with E-state index in [1.54, 1.807) is 4.68 Å². The maximum absolute atomic E-state index is 9.23. The normalized spacial score (nSPS) is 16.1. The summed E-state index contributed by atoms with van der Waals surface area (Å²) in [4.78, 5) is 4.72. The number of rotatable bonds is 4. The first-order valence-electron chi connectivity index (χ1n) is 7.19. The van der Waals surface area contributed by atoms with Crippen LogP contribution in [-0.4, -0.2) is 31.6 Å². The molecule has 1 aliphatic carbocycles. The molecule has 1 saturated carbocycles. The quantitative estimate of drug-likeness (QED) is 0.926. The first-order chi connectivity index (χ1) is 9.70. The average molecular weight is 276 g/mol. The van der Waals surface area contributed by atoms with Gasteiger partial charge in [0.1, 0.15) is 5.76 Å². The first kappa shape index (κ1) is 13.3. The lowest BCUT2D eigenvalue weighted by Crippen LogP contribution is -2.07. The highest BCUT2D eigenvalue weighted by Gasteiger charge is 2.25. The van der Waals surface area contributed by atoms with Crippen LogP contribution < -0.4 is 0 Å². The molecule has 0 aromatic carbocycles. The van der Waals surface area contributed by atoms with Gasteiger partial charge in [0.15, 0.2) is 11.6 Å². The fourth-order valence-electron chi connectivity index (χ4n) is 2.95. The van der Waals surface area contributed by atoms with E-state index in [2.05, 4.69) is 10.3 Å². The summed E-state index contributed by atoms with van der Waals surface area (Å²) >= 11 is 0. The summed E-state index contributed by atoms with van der Waals surface area (Å²) < 4.78 is 7.00. The van der Waals surface area contributed by atoms with Crippen molar-refractivity contribution < 1.29 is 9.63 Å². The minimum absolute atomic E-state index is 0.0455. The zero-order chi connectivity index (χ0) is 14.1. The van der Waals surface area contributed by atoms with Gasteiger partial charge in [-0.1, -0.05) is 18.0 Å². The van der Waals surface area contributed by atoms with Crippen molar-refractivity contribution >= 4 is 0 Å². The Morgan fingerprint density at radius 3 is 2.65 bits per heavy atom. The minimum Gasteiger partial charge on any atom is -0.394 e. The van der Waals surface area contributed by atoms with Crippen molar-refractivity contribution in [2.75, 3.05) is 6.61 Å². The average Bonchev–Trinajstić information content (AvgIpc) is 3.11. The van der Waals surface area contributed by atoms with Crippen LogP contribution in [0.4, 0.5) is 0 Å². The molecule has 6 nitrogen and oxygen atoms in total. The van der Waals surface area contributed by atoms with Crippen LogP contribution in [0.25, 0.3) is 11.4 Å². The van der Waals surface area contributed by atoms with Gasteiger partial charge in [-0.3, -0.25) is 0 Å². The highest BCUT2D eigenvalue weighted by molar-refractivity contribution is 5.60. The number of aryl methyl sites for hydroxylation is 2. The molecule has 0 aliphatic heterocycles. The Balaban J connectivity index is 2.04. The number of aromatic nitrogens is 4. The molecular weight excluding hydrogens is 256 g/mol. The van der Waals surface area contributed by atoms with Crippen molar-refractivity contribution in [3.8, 4) is 11.4 Å². The predicted octanol–water partition coefficient (Wildman–Crippen LogP) is 2.20. The third-order valence-electron chi connectivity index (χ3n) is 3.98. The zero-order valence-corrected chi connectivity index (χ0v) is 12.0. The third kappa shape index (κ3) is 2.24. The van der Waals surface area contributed by atoms with E-state index in [-0.39, 0.29) is 6.61 Å². The van der Waals surface area contributed by atoms with E-state index in [0.717, 1.165) is 41.5 Å². The van der Waals surface area contributed by atoms with Gasteiger partial charge in [-0.15, -0.1) is 0 Å². The molecule has 0 saturated heterocycles. The molecule has 20 heavy (non-hydrogen) atoms. The number of hydrogen-bond donors (Lipinski definition) is 1. The second-order valence-corrected chi connectivity index (χ2v) is 5.42. The first-order valence-corrected chi connectivity index (χ1v) is 7.19. The van der Waals surface area contributed by atoms with Crippen LogP contribution in [0.5, 0.6) is 0 Å². The van der Waals surface area contributed by atoms with Gasteiger partial charge in [0.25, 0.3) is 0 Å². The number of aliphatic hydroxyl groups is 1. The maximum atomic E-state index is 9.23. The molecule has 2 heterocycles. The van der Waals surface area contributed by atoms with E-state index in [1.165, 1.54) is 12.8 Å². The van der Waals surface area contributed by atoms with Crippen LogP contribution in [0.15, 0.2) is 4.52 Å². The molecular formula is C14H20N4O2. The molecule has 0 unspecified atom stereocenters. The summed E-state index contributed by atoms with van der Waals surface area (Å²) in [5.41, 5.74) is 1.71. The Hall–Kier alpha value is -1.69. The highest BCUT2D eigenvalue weighted by atomic mass is 16.5. The van der Waals surface area contributed by atoms with Crippen molar-refractivity contribution in [2.24, 2.45) is 0 Å². The van der Waals surface area contributed by atoms with Crippen LogP contribution in [-0.2, 0) is 6.54 Å². The summed E-state index contributed by atoms with van der Waals surface area (Å²) in [6.07, 6.45) is 4.81. The Labute approximate surface area is 117 Å². The number of aliphatic hydroxyl groups excluding tert-OH is 1. The van der Waals surface area contributed by atoms with Gasteiger partial charge in [-0.2, -0.15) is 5.10 Å². The molecule has 0 atom stereocenters. The predicted molar refractivity (Wildman–Crippen MR) is 73.3 cm³/mol. The van der Waals surface area contributed by atoms with Gasteiger partial charge >= 0.3 is 0 Å². The van der Waals surface area contributed by atoms with E-state index in [1.807, 2.05) is 13.8 Å². The maximum Gasteiger partial charge on any atom is 0.163 e. The van der Waals surface area contributed by atoms with Crippen molar-refractivity contribution in [2.45, 2.75) is 52.0 Å². The molecule has 0 amide bonds. The Morgan fingerprint density at radius 2 is 2.05 bits per heavy atom. The Bertz CT molecular complexity index is 577. The van der Waals surface area contributed by atoms with Gasteiger partial charge in [0.2, 0.25) is 0 Å². The molecule has 2 aromatic rings. The Morgan fingerprint density at radius 1 is 1.30 bits per heavy atom. The van der Waals surface area contributed by atoms with E-state index in [9.17, 15) is 5.11 Å². The van der Waals surface area contributed by atoms with Gasteiger partial charge in [0, 0.05) is 5.92 Å². The molecule has 3 rings (SSSR count). The molecule has 1 aliphatic rings. The van der Waals surface area contributed by atoms with Crippen molar-refractivity contribution in [1.82, 2.24) is 19.9 Å². The fourth-order valence-corrected chi connectivity index (χ4v) is 2.95. The molecule has 6 heteroatoms. The molecule has 0 radical (unpaired) electrons. The van der Waals surface area contributed by atoms with E-state index in [0.29, 0.717) is 12.5 Å². The number of nitrogens with zero attached hydrogens (tertiary/aromatic N) is 4. The summed E-state index contributed by atoms with van der Waals surface area (Å²) in [6.45, 7) is 4.27. The van der Waals surface area contributed by atoms with Crippen LogP contribution in [0.2, 0.25) is 0 Å². The van der Waals surface area contributed by atoms with Crippen molar-refractivity contribution in [1.29, 1.82) is 0 Å². The van der Waals surface area contributed by atoms with Crippen LogP contribution >= 0.6 is 0 Å². The lowest BCUT2D eigenvalue weighted by Gasteiger charge is -2.02. The van der Waals surface area contributed by atoms with E-state index < -0.39 is 0 Å². The summed E-state index contributed by atoms with van der Waals surface area (Å²) in [5.74, 6) is 2.85. The Kier molecular flexibility index (Phi) is 3.56. The van der Waals surface area contributed by atoms with E-state index >= 15 is 0 Å². The van der Waals surface area contributed by atoms with Crippen LogP contribution in [0.1, 0.15) is 48.9 Å². The monoisotopic (exact) mass is 276 g/mol. The summed E-state index contributed by atoms with van der Waals surface area (Å²) in [6, 6.07) is 0. The summed E-state index contributed by atoms with van der Waals surface area (Å²) in [7, 11) is 0. The van der Waals surface area contributed by atoms with Crippen molar-refractivity contribution in [3.63, 3.8) is 0 Å². The van der Waals surface area contributed by atoms with Gasteiger partial charge in [-0.05, 0) is 26.7 Å². The van der Waals surface area contributed by atoms with Crippen LogP contribution in [0, 0.1) is 13.8 Å². The lowest BCUT2D eigenvalue weighted by molar-refractivity contribution is 0.269. The second-order valence-electron chi connectivity index (χ2n) is 5.42. The minimum atomic E-state index is 0.0455. The topological polar surface area (TPSA) is 77.0 Å². The standard InChI is InChI=1S/C14H20N4O2/c1-9-12(10(2)20-17-9)14-15-13(11-5-3-4-6-11)16-18(14)7-8-19/h11,19H,3-8H2,1-2H3. The fraction of sp³-hybridized carbons (Fsp3) is 0.643. The molecule has 0 spiro atoms. The SMILES string of the molecule is Cc1noc(C)c1-c1nc(C2CCCC2)nn1CCO. The molecule has 1 fully saturated rings. The van der Waals surface area contributed by atoms with Crippen molar-refractivity contribution in [3.05, 3.63) is 17.3 Å². The van der Waals surface area contributed by atoms with Gasteiger partial charge in [-0.25, -0.2) is 9.67 Å². The largest absolute Gasteiger partial charge is 0.394 e. The zero-order valence-electron chi connectivity index (χ0n) is 12.0. The van der Waals surface area contributed by atoms with Crippen LogP contribution in [0.3, 0.4) is 0 Å².